The van der Waals surface area contributed by atoms with Gasteiger partial charge in [-0.2, -0.15) is 0 Å². The average Bonchev–Trinajstić information content (AvgIpc) is 2.32. The molecule has 100 valence electrons. The molecule has 0 radical (unpaired) electrons. The summed E-state index contributed by atoms with van der Waals surface area (Å²) in [6.45, 7) is 3.93. The van der Waals surface area contributed by atoms with Gasteiger partial charge in [0, 0.05) is 12.6 Å². The zero-order valence-electron chi connectivity index (χ0n) is 10.4. The van der Waals surface area contributed by atoms with Gasteiger partial charge in [-0.1, -0.05) is 6.92 Å². The molecule has 1 unspecified atom stereocenters. The van der Waals surface area contributed by atoms with Crippen LogP contribution in [-0.4, -0.2) is 18.1 Å². The second-order valence-electron chi connectivity index (χ2n) is 4.32. The van der Waals surface area contributed by atoms with Crippen molar-refractivity contribution >= 4 is 11.7 Å². The molecule has 2 amide bonds. The molecule has 0 saturated carbocycles. The third-order valence-electron chi connectivity index (χ3n) is 2.83. The Morgan fingerprint density at radius 3 is 2.61 bits per heavy atom. The van der Waals surface area contributed by atoms with E-state index >= 15 is 0 Å². The lowest BCUT2D eigenvalue weighted by molar-refractivity contribution is 0.238. The Morgan fingerprint density at radius 1 is 1.44 bits per heavy atom. The molecule has 1 rings (SSSR count). The Kier molecular flexibility index (Phi) is 4.61. The number of anilines is 1. The number of halogens is 2. The predicted octanol–water partition coefficient (Wildman–Crippen LogP) is 2.21. The Bertz CT molecular complexity index is 433. The quantitative estimate of drug-likeness (QED) is 0.774. The van der Waals surface area contributed by atoms with Gasteiger partial charge < -0.3 is 16.4 Å². The van der Waals surface area contributed by atoms with Gasteiger partial charge in [0.1, 0.15) is 11.6 Å². The predicted molar refractivity (Wildman–Crippen MR) is 66.3 cm³/mol. The largest absolute Gasteiger partial charge is 0.331 e. The van der Waals surface area contributed by atoms with Crippen LogP contribution < -0.4 is 16.4 Å². The summed E-state index contributed by atoms with van der Waals surface area (Å²) in [5, 5.41) is 4.96. The van der Waals surface area contributed by atoms with Gasteiger partial charge in [-0.25, -0.2) is 13.6 Å². The van der Waals surface area contributed by atoms with Gasteiger partial charge >= 0.3 is 6.03 Å². The Morgan fingerprint density at radius 2 is 2.11 bits per heavy atom. The van der Waals surface area contributed by atoms with Crippen LogP contribution in [0.5, 0.6) is 0 Å². The Labute approximate surface area is 105 Å². The normalized spacial score (nSPS) is 13.8. The molecule has 4 nitrogen and oxygen atoms in total. The van der Waals surface area contributed by atoms with Crippen molar-refractivity contribution in [2.24, 2.45) is 5.73 Å². The Balaban J connectivity index is 2.70. The summed E-state index contributed by atoms with van der Waals surface area (Å²) < 4.78 is 26.0. The van der Waals surface area contributed by atoms with E-state index in [0.29, 0.717) is 12.5 Å². The molecule has 1 aromatic rings. The van der Waals surface area contributed by atoms with Crippen molar-refractivity contribution in [1.29, 1.82) is 0 Å². The maximum atomic E-state index is 13.3. The zero-order valence-corrected chi connectivity index (χ0v) is 10.4. The molecule has 0 aromatic heterocycles. The van der Waals surface area contributed by atoms with E-state index in [0.717, 1.165) is 12.1 Å². The summed E-state index contributed by atoms with van der Waals surface area (Å²) in [5.74, 6) is -1.52. The third-order valence-corrected chi connectivity index (χ3v) is 2.83. The standard InChI is InChI=1S/C12H17F2N3O/c1-3-12(2,7-15)17-11(18)16-10-5-4-8(13)6-9(10)14/h4-6H,3,7,15H2,1-2H3,(H2,16,17,18). The van der Waals surface area contributed by atoms with E-state index < -0.39 is 23.2 Å². The number of nitrogens with two attached hydrogens (primary N) is 1. The van der Waals surface area contributed by atoms with Crippen LogP contribution >= 0.6 is 0 Å². The topological polar surface area (TPSA) is 67.1 Å². The first-order valence-electron chi connectivity index (χ1n) is 5.64. The van der Waals surface area contributed by atoms with E-state index in [-0.39, 0.29) is 12.2 Å². The third kappa shape index (κ3) is 3.66. The second-order valence-corrected chi connectivity index (χ2v) is 4.32. The van der Waals surface area contributed by atoms with E-state index in [2.05, 4.69) is 10.6 Å². The molecular formula is C12H17F2N3O. The van der Waals surface area contributed by atoms with Crippen LogP contribution in [0, 0.1) is 11.6 Å². The lowest BCUT2D eigenvalue weighted by Gasteiger charge is -2.27. The molecule has 0 bridgehead atoms. The van der Waals surface area contributed by atoms with Crippen molar-refractivity contribution < 1.29 is 13.6 Å². The fraction of sp³-hybridized carbons (Fsp3) is 0.417. The summed E-state index contributed by atoms with van der Waals surface area (Å²) in [7, 11) is 0. The number of carbonyl (C=O) groups is 1. The minimum atomic E-state index is -0.823. The van der Waals surface area contributed by atoms with Gasteiger partial charge in [0.05, 0.1) is 11.2 Å². The van der Waals surface area contributed by atoms with Crippen LogP contribution in [0.4, 0.5) is 19.3 Å². The van der Waals surface area contributed by atoms with Crippen LogP contribution in [0.2, 0.25) is 0 Å². The zero-order chi connectivity index (χ0) is 13.8. The van der Waals surface area contributed by atoms with Crippen molar-refractivity contribution in [2.75, 3.05) is 11.9 Å². The highest BCUT2D eigenvalue weighted by Crippen LogP contribution is 2.15. The van der Waals surface area contributed by atoms with E-state index in [1.165, 1.54) is 0 Å². The molecule has 1 atom stereocenters. The molecule has 0 aliphatic rings. The highest BCUT2D eigenvalue weighted by molar-refractivity contribution is 5.89. The number of rotatable bonds is 4. The fourth-order valence-corrected chi connectivity index (χ4v) is 1.30. The number of nitrogens with one attached hydrogen (secondary N) is 2. The first-order valence-corrected chi connectivity index (χ1v) is 5.64. The number of urea groups is 1. The fourth-order valence-electron chi connectivity index (χ4n) is 1.30. The molecule has 0 fully saturated rings. The molecule has 18 heavy (non-hydrogen) atoms. The van der Waals surface area contributed by atoms with Gasteiger partial charge in [0.15, 0.2) is 0 Å². The maximum Gasteiger partial charge on any atom is 0.319 e. The van der Waals surface area contributed by atoms with Gasteiger partial charge in [0.2, 0.25) is 0 Å². The highest BCUT2D eigenvalue weighted by atomic mass is 19.1. The minimum absolute atomic E-state index is 0.0793. The SMILES string of the molecule is CCC(C)(CN)NC(=O)Nc1ccc(F)cc1F. The molecule has 0 saturated heterocycles. The lowest BCUT2D eigenvalue weighted by atomic mass is 10.00. The van der Waals surface area contributed by atoms with Crippen LogP contribution in [0.1, 0.15) is 20.3 Å². The van der Waals surface area contributed by atoms with Crippen LogP contribution in [-0.2, 0) is 0 Å². The van der Waals surface area contributed by atoms with Crippen LogP contribution in [0.15, 0.2) is 18.2 Å². The smallest absolute Gasteiger partial charge is 0.319 e. The molecule has 0 aliphatic carbocycles. The summed E-state index contributed by atoms with van der Waals surface area (Å²) >= 11 is 0. The van der Waals surface area contributed by atoms with E-state index in [4.69, 9.17) is 5.73 Å². The van der Waals surface area contributed by atoms with E-state index in [1.807, 2.05) is 6.92 Å². The molecule has 4 N–H and O–H groups in total. The van der Waals surface area contributed by atoms with Crippen molar-refractivity contribution in [3.05, 3.63) is 29.8 Å². The molecule has 6 heteroatoms. The van der Waals surface area contributed by atoms with Crippen molar-refractivity contribution in [1.82, 2.24) is 5.32 Å². The number of benzene rings is 1. The minimum Gasteiger partial charge on any atom is -0.331 e. The van der Waals surface area contributed by atoms with Crippen molar-refractivity contribution in [3.8, 4) is 0 Å². The van der Waals surface area contributed by atoms with E-state index in [1.54, 1.807) is 6.92 Å². The number of carbonyl (C=O) groups excluding carboxylic acids is 1. The highest BCUT2D eigenvalue weighted by Gasteiger charge is 2.22. The molecule has 0 heterocycles. The van der Waals surface area contributed by atoms with Gasteiger partial charge in [-0.05, 0) is 25.5 Å². The van der Waals surface area contributed by atoms with Gasteiger partial charge in [-0.15, -0.1) is 0 Å². The number of hydrogen-bond acceptors (Lipinski definition) is 2. The van der Waals surface area contributed by atoms with E-state index in [9.17, 15) is 13.6 Å². The summed E-state index contributed by atoms with van der Waals surface area (Å²) in [5.41, 5.74) is 4.91. The number of hydrogen-bond donors (Lipinski definition) is 3. The number of amides is 2. The maximum absolute atomic E-state index is 13.3. The molecular weight excluding hydrogens is 240 g/mol. The lowest BCUT2D eigenvalue weighted by Crippen LogP contribution is -2.52. The monoisotopic (exact) mass is 257 g/mol. The molecule has 0 spiro atoms. The molecule has 1 aromatic carbocycles. The summed E-state index contributed by atoms with van der Waals surface area (Å²) in [4.78, 5) is 11.6. The summed E-state index contributed by atoms with van der Waals surface area (Å²) in [6, 6.07) is 2.36. The average molecular weight is 257 g/mol. The van der Waals surface area contributed by atoms with Crippen molar-refractivity contribution in [3.63, 3.8) is 0 Å². The molecule has 0 aliphatic heterocycles. The first-order chi connectivity index (χ1) is 8.40. The van der Waals surface area contributed by atoms with Gasteiger partial charge in [0.25, 0.3) is 0 Å². The second kappa shape index (κ2) is 5.77. The first kappa shape index (κ1) is 14.4. The Hall–Kier alpha value is -1.69. The summed E-state index contributed by atoms with van der Waals surface area (Å²) in [6.07, 6.45) is 0.642. The van der Waals surface area contributed by atoms with Crippen LogP contribution in [0.3, 0.4) is 0 Å². The van der Waals surface area contributed by atoms with Crippen molar-refractivity contribution in [2.45, 2.75) is 25.8 Å². The van der Waals surface area contributed by atoms with Gasteiger partial charge in [-0.3, -0.25) is 0 Å². The van der Waals surface area contributed by atoms with Crippen LogP contribution in [0.25, 0.3) is 0 Å².